The molecule has 53 heavy (non-hydrogen) atoms. The zero-order chi connectivity index (χ0) is 35.3. The van der Waals surface area contributed by atoms with E-state index in [-0.39, 0.29) is 5.41 Å². The van der Waals surface area contributed by atoms with Crippen LogP contribution in [0.3, 0.4) is 0 Å². The Morgan fingerprint density at radius 1 is 0.453 bits per heavy atom. The van der Waals surface area contributed by atoms with Gasteiger partial charge in [-0.15, -0.1) is 11.3 Å². The van der Waals surface area contributed by atoms with E-state index < -0.39 is 0 Å². The molecule has 1 aliphatic carbocycles. The fourth-order valence-electron chi connectivity index (χ4n) is 8.31. The highest BCUT2D eigenvalue weighted by molar-refractivity contribution is 7.25. The summed E-state index contributed by atoms with van der Waals surface area (Å²) in [6, 6.07) is 53.6. The Balaban J connectivity index is 1.04. The van der Waals surface area contributed by atoms with Crippen LogP contribution >= 0.6 is 11.3 Å². The first-order chi connectivity index (χ1) is 26.0. The topological polar surface area (TPSA) is 51.8 Å². The SMILES string of the molecule is CC1(C)c2ccc(-c3cccc(-c4nc(-c5ccccc5)nc(-c5ccc6sc7ccccc7c6c5)n4)c3)cc2-c2ccc3c(oc4ccccc43)c21. The van der Waals surface area contributed by atoms with E-state index in [1.54, 1.807) is 0 Å². The van der Waals surface area contributed by atoms with Gasteiger partial charge in [-0.25, -0.2) is 15.0 Å². The molecule has 0 fully saturated rings. The summed E-state index contributed by atoms with van der Waals surface area (Å²) in [6.07, 6.45) is 0. The molecule has 0 atom stereocenters. The van der Waals surface area contributed by atoms with Crippen molar-refractivity contribution in [3.05, 3.63) is 163 Å². The highest BCUT2D eigenvalue weighted by Gasteiger charge is 2.38. The van der Waals surface area contributed by atoms with Crippen LogP contribution in [0.2, 0.25) is 0 Å². The first kappa shape index (κ1) is 30.2. The normalized spacial score (nSPS) is 13.2. The zero-order valence-electron chi connectivity index (χ0n) is 29.1. The van der Waals surface area contributed by atoms with Crippen LogP contribution in [0.5, 0.6) is 0 Å². The number of para-hydroxylation sites is 1. The van der Waals surface area contributed by atoms with Crippen molar-refractivity contribution < 1.29 is 4.42 Å². The van der Waals surface area contributed by atoms with Gasteiger partial charge in [-0.05, 0) is 76.3 Å². The van der Waals surface area contributed by atoms with Gasteiger partial charge < -0.3 is 4.42 Å². The summed E-state index contributed by atoms with van der Waals surface area (Å²) in [5.41, 5.74) is 11.9. The number of nitrogens with zero attached hydrogens (tertiary/aromatic N) is 3. The Kier molecular flexibility index (Phi) is 6.43. The molecule has 0 amide bonds. The van der Waals surface area contributed by atoms with Gasteiger partial charge in [0.2, 0.25) is 0 Å². The number of hydrogen-bond donors (Lipinski definition) is 0. The van der Waals surface area contributed by atoms with Crippen molar-refractivity contribution in [3.8, 4) is 56.4 Å². The number of thiophene rings is 1. The summed E-state index contributed by atoms with van der Waals surface area (Å²) in [5, 5.41) is 4.80. The minimum Gasteiger partial charge on any atom is -0.456 e. The fraction of sp³-hybridized carbons (Fsp3) is 0.0625. The van der Waals surface area contributed by atoms with Crippen LogP contribution in [0, 0.1) is 0 Å². The van der Waals surface area contributed by atoms with Gasteiger partial charge in [-0.1, -0.05) is 117 Å². The molecule has 0 spiro atoms. The minimum atomic E-state index is -0.203. The van der Waals surface area contributed by atoms with Crippen molar-refractivity contribution >= 4 is 53.4 Å². The molecule has 0 radical (unpaired) electrons. The summed E-state index contributed by atoms with van der Waals surface area (Å²) in [5.74, 6) is 1.95. The van der Waals surface area contributed by atoms with Gasteiger partial charge in [0, 0.05) is 58.6 Å². The third-order valence-corrected chi connectivity index (χ3v) is 12.1. The maximum Gasteiger partial charge on any atom is 0.164 e. The van der Waals surface area contributed by atoms with E-state index >= 15 is 0 Å². The van der Waals surface area contributed by atoms with Gasteiger partial charge >= 0.3 is 0 Å². The van der Waals surface area contributed by atoms with Crippen LogP contribution in [0.1, 0.15) is 25.0 Å². The van der Waals surface area contributed by atoms with Gasteiger partial charge in [0.05, 0.1) is 0 Å². The lowest BCUT2D eigenvalue weighted by atomic mass is 9.81. The quantitative estimate of drug-likeness (QED) is 0.184. The molecule has 0 bridgehead atoms. The molecule has 7 aromatic carbocycles. The summed E-state index contributed by atoms with van der Waals surface area (Å²) >= 11 is 1.81. The zero-order valence-corrected chi connectivity index (χ0v) is 29.9. The lowest BCUT2D eigenvalue weighted by Gasteiger charge is -2.21. The van der Waals surface area contributed by atoms with E-state index in [2.05, 4.69) is 141 Å². The fourth-order valence-corrected chi connectivity index (χ4v) is 9.40. The Labute approximate surface area is 310 Å². The average Bonchev–Trinajstić information content (AvgIpc) is 3.85. The number of furan rings is 1. The van der Waals surface area contributed by atoms with E-state index in [1.807, 2.05) is 35.6 Å². The van der Waals surface area contributed by atoms with Gasteiger partial charge in [-0.2, -0.15) is 0 Å². The first-order valence-electron chi connectivity index (χ1n) is 17.9. The third kappa shape index (κ3) is 4.64. The number of rotatable bonds is 4. The lowest BCUT2D eigenvalue weighted by molar-refractivity contribution is 0.620. The number of hydrogen-bond acceptors (Lipinski definition) is 5. The van der Waals surface area contributed by atoms with Crippen molar-refractivity contribution in [3.63, 3.8) is 0 Å². The molecular formula is C48H31N3OS. The molecule has 0 saturated carbocycles. The van der Waals surface area contributed by atoms with Crippen molar-refractivity contribution in [1.29, 1.82) is 0 Å². The number of benzene rings is 7. The van der Waals surface area contributed by atoms with Crippen molar-refractivity contribution in [2.75, 3.05) is 0 Å². The van der Waals surface area contributed by atoms with Crippen LogP contribution < -0.4 is 0 Å². The molecule has 11 rings (SSSR count). The molecule has 3 heterocycles. The Hall–Kier alpha value is -6.43. The van der Waals surface area contributed by atoms with E-state index in [4.69, 9.17) is 19.4 Å². The highest BCUT2D eigenvalue weighted by Crippen LogP contribution is 2.53. The minimum absolute atomic E-state index is 0.203. The molecule has 4 nitrogen and oxygen atoms in total. The predicted octanol–water partition coefficient (Wildman–Crippen LogP) is 13.1. The maximum absolute atomic E-state index is 6.54. The van der Waals surface area contributed by atoms with Gasteiger partial charge in [0.15, 0.2) is 17.5 Å². The van der Waals surface area contributed by atoms with Gasteiger partial charge in [0.1, 0.15) is 11.2 Å². The summed E-state index contributed by atoms with van der Waals surface area (Å²) in [6.45, 7) is 4.62. The molecule has 1 aliphatic rings. The van der Waals surface area contributed by atoms with Gasteiger partial charge in [-0.3, -0.25) is 0 Å². The second-order valence-corrected chi connectivity index (χ2v) is 15.5. The van der Waals surface area contributed by atoms with E-state index in [0.29, 0.717) is 17.5 Å². The molecule has 5 heteroatoms. The maximum atomic E-state index is 6.54. The third-order valence-electron chi connectivity index (χ3n) is 10.9. The molecule has 0 saturated heterocycles. The molecule has 250 valence electrons. The Morgan fingerprint density at radius 3 is 1.94 bits per heavy atom. The smallest absolute Gasteiger partial charge is 0.164 e. The first-order valence-corrected chi connectivity index (χ1v) is 18.7. The second-order valence-electron chi connectivity index (χ2n) is 14.4. The standard InChI is InChI=1S/C48H31N3OS/c1-48(2)39-23-19-30(26-37(39)35-21-22-36-33-15-6-8-17-40(33)52-44(36)43(35)48)29-13-10-14-31(25-29)46-49-45(28-11-4-3-5-12-28)50-47(51-46)32-20-24-42-38(27-32)34-16-7-9-18-41(34)53-42/h3-27H,1-2H3. The second kappa shape index (κ2) is 11.3. The Morgan fingerprint density at radius 2 is 1.09 bits per heavy atom. The van der Waals surface area contributed by atoms with E-state index in [0.717, 1.165) is 44.4 Å². The lowest BCUT2D eigenvalue weighted by Crippen LogP contribution is -2.15. The summed E-state index contributed by atoms with van der Waals surface area (Å²) < 4.78 is 9.07. The number of aromatic nitrogens is 3. The monoisotopic (exact) mass is 697 g/mol. The van der Waals surface area contributed by atoms with Crippen LogP contribution in [-0.2, 0) is 5.41 Å². The summed E-state index contributed by atoms with van der Waals surface area (Å²) in [4.78, 5) is 15.2. The molecule has 10 aromatic rings. The van der Waals surface area contributed by atoms with Crippen molar-refractivity contribution in [1.82, 2.24) is 15.0 Å². The average molecular weight is 698 g/mol. The van der Waals surface area contributed by atoms with Crippen molar-refractivity contribution in [2.45, 2.75) is 19.3 Å². The van der Waals surface area contributed by atoms with Crippen LogP contribution in [-0.4, -0.2) is 15.0 Å². The summed E-state index contributed by atoms with van der Waals surface area (Å²) in [7, 11) is 0. The molecule has 3 aromatic heterocycles. The number of fused-ring (bicyclic) bond motifs is 10. The van der Waals surface area contributed by atoms with Crippen LogP contribution in [0.25, 0.3) is 98.5 Å². The van der Waals surface area contributed by atoms with E-state index in [9.17, 15) is 0 Å². The predicted molar refractivity (Wildman–Crippen MR) is 219 cm³/mol. The van der Waals surface area contributed by atoms with Crippen molar-refractivity contribution in [2.24, 2.45) is 0 Å². The largest absolute Gasteiger partial charge is 0.456 e. The van der Waals surface area contributed by atoms with Crippen LogP contribution in [0.4, 0.5) is 0 Å². The molecule has 0 N–H and O–H groups in total. The molecular weight excluding hydrogens is 667 g/mol. The Bertz CT molecular complexity index is 3100. The molecule has 0 aliphatic heterocycles. The highest BCUT2D eigenvalue weighted by atomic mass is 32.1. The van der Waals surface area contributed by atoms with Gasteiger partial charge in [0.25, 0.3) is 0 Å². The van der Waals surface area contributed by atoms with Crippen LogP contribution in [0.15, 0.2) is 156 Å². The van der Waals surface area contributed by atoms with E-state index in [1.165, 1.54) is 47.8 Å². The molecule has 0 unspecified atom stereocenters.